The summed E-state index contributed by atoms with van der Waals surface area (Å²) in [5.74, 6) is 0.195. The number of carbonyl (C=O) groups excluding carboxylic acids is 1. The molecule has 0 aromatic heterocycles. The van der Waals surface area contributed by atoms with Crippen LogP contribution in [-0.4, -0.2) is 21.3 Å². The molecule has 0 atom stereocenters. The number of phenolic OH excluding ortho intramolecular Hbond substituents is 2. The van der Waals surface area contributed by atoms with Gasteiger partial charge in [0.05, 0.1) is 0 Å². The van der Waals surface area contributed by atoms with E-state index in [4.69, 9.17) is 11.5 Å². The maximum atomic E-state index is 14.0. The van der Waals surface area contributed by atoms with Gasteiger partial charge in [0.2, 0.25) is 0 Å². The summed E-state index contributed by atoms with van der Waals surface area (Å²) in [4.78, 5) is 17.3. The summed E-state index contributed by atoms with van der Waals surface area (Å²) in [5.41, 5.74) is 15.9. The first-order valence-corrected chi connectivity index (χ1v) is 12.4. The number of carbonyl (C=O) groups is 1. The maximum absolute atomic E-state index is 14.0. The lowest BCUT2D eigenvalue weighted by Gasteiger charge is -2.26. The van der Waals surface area contributed by atoms with Gasteiger partial charge in [0, 0.05) is 58.5 Å². The molecule has 0 bridgehead atoms. The zero-order valence-corrected chi connectivity index (χ0v) is 20.3. The van der Waals surface area contributed by atoms with Gasteiger partial charge in [-0.15, -0.1) is 8.86 Å². The number of hydrogen-bond donors (Lipinski definition) is 4. The third-order valence-corrected chi connectivity index (χ3v) is 8.12. The number of rotatable bonds is 4. The molecule has 0 saturated carbocycles. The molecule has 0 heterocycles. The van der Waals surface area contributed by atoms with Gasteiger partial charge < -0.3 is 21.7 Å². The average Bonchev–Trinajstić information content (AvgIpc) is 2.82. The van der Waals surface area contributed by atoms with Crippen molar-refractivity contribution in [3.63, 3.8) is 0 Å². The molecule has 0 fully saturated rings. The van der Waals surface area contributed by atoms with Gasteiger partial charge in [0.15, 0.2) is 5.78 Å². The van der Waals surface area contributed by atoms with Crippen molar-refractivity contribution in [2.45, 2.75) is 19.6 Å². The van der Waals surface area contributed by atoms with Crippen LogP contribution in [0.5, 0.6) is 11.5 Å². The number of hydrogen-bond acceptors (Lipinski definition) is 7. The number of phenols is 2. The van der Waals surface area contributed by atoms with E-state index in [1.54, 1.807) is 60.7 Å². The molecular formula is C26H19N2O3PS2. The van der Waals surface area contributed by atoms with Crippen molar-refractivity contribution in [1.82, 2.24) is 0 Å². The van der Waals surface area contributed by atoms with E-state index in [-0.39, 0.29) is 17.3 Å². The highest BCUT2D eigenvalue weighted by Gasteiger charge is 2.34. The van der Waals surface area contributed by atoms with Crippen LogP contribution in [0.25, 0.3) is 0 Å². The fraction of sp³-hybridized carbons (Fsp3) is 0. The summed E-state index contributed by atoms with van der Waals surface area (Å²) in [6.45, 7) is 0. The zero-order chi connectivity index (χ0) is 24.0. The van der Waals surface area contributed by atoms with Crippen molar-refractivity contribution in [2.24, 2.45) is 0 Å². The van der Waals surface area contributed by atoms with E-state index in [0.717, 1.165) is 19.6 Å². The normalized spacial score (nSPS) is 12.4. The van der Waals surface area contributed by atoms with E-state index in [2.05, 4.69) is 8.86 Å². The Labute approximate surface area is 207 Å². The SMILES string of the molecule is Nc1ccc(Sc2ccc(O)cc2)c2c1C(=P)c1c(N)ccc(Sc3ccc(O)cc3)c1C2=O. The minimum Gasteiger partial charge on any atom is -0.508 e. The Morgan fingerprint density at radius 1 is 0.588 bits per heavy atom. The first-order chi connectivity index (χ1) is 16.3. The minimum absolute atomic E-state index is 0.158. The van der Waals surface area contributed by atoms with Gasteiger partial charge >= 0.3 is 0 Å². The average molecular weight is 503 g/mol. The van der Waals surface area contributed by atoms with E-state index in [1.165, 1.54) is 23.5 Å². The maximum Gasteiger partial charge on any atom is 0.196 e. The van der Waals surface area contributed by atoms with Gasteiger partial charge in [-0.2, -0.15) is 0 Å². The second-order valence-corrected chi connectivity index (χ2v) is 10.4. The van der Waals surface area contributed by atoms with Crippen LogP contribution in [-0.2, 0) is 0 Å². The van der Waals surface area contributed by atoms with Crippen LogP contribution in [0.3, 0.4) is 0 Å². The number of benzene rings is 4. The zero-order valence-electron chi connectivity index (χ0n) is 17.7. The summed E-state index contributed by atoms with van der Waals surface area (Å²) >= 11 is 2.85. The van der Waals surface area contributed by atoms with Gasteiger partial charge in [-0.1, -0.05) is 23.5 Å². The molecule has 4 aromatic carbocycles. The number of anilines is 2. The number of ketones is 1. The molecule has 34 heavy (non-hydrogen) atoms. The number of fused-ring (bicyclic) bond motifs is 2. The first-order valence-electron chi connectivity index (χ1n) is 10.3. The van der Waals surface area contributed by atoms with Gasteiger partial charge in [-0.3, -0.25) is 4.79 Å². The highest BCUT2D eigenvalue weighted by Crippen LogP contribution is 2.45. The Morgan fingerprint density at radius 3 is 1.35 bits per heavy atom. The second-order valence-electron chi connectivity index (χ2n) is 7.70. The molecule has 5 nitrogen and oxygen atoms in total. The molecule has 0 amide bonds. The largest absolute Gasteiger partial charge is 0.508 e. The van der Waals surface area contributed by atoms with E-state index in [9.17, 15) is 15.0 Å². The molecule has 8 heteroatoms. The number of nitrogens with two attached hydrogens (primary N) is 2. The van der Waals surface area contributed by atoms with Crippen LogP contribution in [0.2, 0.25) is 0 Å². The molecule has 6 N–H and O–H groups in total. The van der Waals surface area contributed by atoms with Crippen molar-refractivity contribution >= 4 is 54.8 Å². The highest BCUT2D eigenvalue weighted by molar-refractivity contribution is 7.99. The Balaban J connectivity index is 1.65. The van der Waals surface area contributed by atoms with Gasteiger partial charge in [0.25, 0.3) is 0 Å². The third-order valence-electron chi connectivity index (χ3n) is 5.48. The lowest BCUT2D eigenvalue weighted by atomic mass is 9.83. The van der Waals surface area contributed by atoms with Crippen molar-refractivity contribution < 1.29 is 15.0 Å². The summed E-state index contributed by atoms with van der Waals surface area (Å²) in [7, 11) is 3.76. The summed E-state index contributed by atoms with van der Waals surface area (Å²) in [6, 6.07) is 20.9. The molecule has 0 saturated heterocycles. The molecular weight excluding hydrogens is 483 g/mol. The molecule has 4 aromatic rings. The fourth-order valence-corrected chi connectivity index (χ4v) is 6.35. The standard InChI is InChI=1S/C26H19N2O3PS2/c27-17-9-11-19(33-15-5-1-13(29)2-6-15)23-21(17)26(32)22-18(28)10-12-20(24(22)25(23)31)34-16-7-3-14(30)4-8-16/h1-12,29-30,32H,27-28H2. The molecule has 0 unspecified atom stereocenters. The summed E-state index contributed by atoms with van der Waals surface area (Å²) in [6.07, 6.45) is 0. The summed E-state index contributed by atoms with van der Waals surface area (Å²) < 4.78 is 0. The van der Waals surface area contributed by atoms with Crippen LogP contribution in [0.4, 0.5) is 11.4 Å². The van der Waals surface area contributed by atoms with E-state index >= 15 is 0 Å². The van der Waals surface area contributed by atoms with Crippen molar-refractivity contribution in [3.8, 4) is 11.5 Å². The second kappa shape index (κ2) is 8.76. The van der Waals surface area contributed by atoms with Crippen LogP contribution >= 0.6 is 32.4 Å². The predicted molar refractivity (Wildman–Crippen MR) is 141 cm³/mol. The Bertz CT molecular complexity index is 1360. The Morgan fingerprint density at radius 2 is 0.971 bits per heavy atom. The van der Waals surface area contributed by atoms with Gasteiger partial charge in [-0.05, 0) is 72.8 Å². The van der Waals surface area contributed by atoms with E-state index in [0.29, 0.717) is 38.9 Å². The van der Waals surface area contributed by atoms with Crippen molar-refractivity contribution in [1.29, 1.82) is 0 Å². The lowest BCUT2D eigenvalue weighted by molar-refractivity contribution is 0.103. The monoisotopic (exact) mass is 502 g/mol. The van der Waals surface area contributed by atoms with Crippen molar-refractivity contribution in [3.05, 3.63) is 95.1 Å². The predicted octanol–water partition coefficient (Wildman–Crippen LogP) is 5.82. The molecule has 1 aliphatic rings. The van der Waals surface area contributed by atoms with Crippen LogP contribution in [0, 0.1) is 0 Å². The molecule has 0 radical (unpaired) electrons. The van der Waals surface area contributed by atoms with E-state index < -0.39 is 0 Å². The minimum atomic E-state index is -0.158. The van der Waals surface area contributed by atoms with E-state index in [1.807, 2.05) is 12.1 Å². The lowest BCUT2D eigenvalue weighted by Crippen LogP contribution is -2.24. The topological polar surface area (TPSA) is 110 Å². The molecule has 168 valence electrons. The molecule has 0 aliphatic heterocycles. The number of nitrogen functional groups attached to an aromatic ring is 2. The quantitative estimate of drug-likeness (QED) is 0.181. The first kappa shape index (κ1) is 22.4. The van der Waals surface area contributed by atoms with Crippen LogP contribution < -0.4 is 11.5 Å². The Kier molecular flexibility index (Phi) is 5.78. The molecule has 0 spiro atoms. The molecule has 1 aliphatic carbocycles. The third kappa shape index (κ3) is 3.92. The Hall–Kier alpha value is -3.38. The van der Waals surface area contributed by atoms with Crippen LogP contribution in [0.15, 0.2) is 92.4 Å². The summed E-state index contributed by atoms with van der Waals surface area (Å²) in [5, 5.41) is 19.9. The van der Waals surface area contributed by atoms with Gasteiger partial charge in [0.1, 0.15) is 11.5 Å². The van der Waals surface area contributed by atoms with Gasteiger partial charge in [-0.25, -0.2) is 0 Å². The smallest absolute Gasteiger partial charge is 0.196 e. The molecule has 5 rings (SSSR count). The van der Waals surface area contributed by atoms with Crippen LogP contribution in [0.1, 0.15) is 27.0 Å². The number of aromatic hydroxyl groups is 2. The van der Waals surface area contributed by atoms with Crippen molar-refractivity contribution in [2.75, 3.05) is 11.5 Å². The highest BCUT2D eigenvalue weighted by atomic mass is 32.2. The fourth-order valence-electron chi connectivity index (χ4n) is 3.89.